The lowest BCUT2D eigenvalue weighted by Gasteiger charge is -2.10. The molecule has 1 rings (SSSR count). The fraction of sp³-hybridized carbons (Fsp3) is 0.500. The molecule has 0 aliphatic heterocycles. The van der Waals surface area contributed by atoms with Gasteiger partial charge in [0.15, 0.2) is 0 Å². The maximum Gasteiger partial charge on any atom is 0.00808 e. The Morgan fingerprint density at radius 3 is 3.07 bits per heavy atom. The summed E-state index contributed by atoms with van der Waals surface area (Å²) in [5.41, 5.74) is 1.50. The number of hydrogen-bond donors (Lipinski definition) is 1. The lowest BCUT2D eigenvalue weighted by molar-refractivity contribution is 0.607. The SMILES string of the molecule is C=CCCc1sccc1CC(C)NC. The van der Waals surface area contributed by atoms with Gasteiger partial charge >= 0.3 is 0 Å². The van der Waals surface area contributed by atoms with Crippen molar-refractivity contribution in [2.24, 2.45) is 0 Å². The standard InChI is InChI=1S/C12H19NS/c1-4-5-6-12-11(7-8-14-12)9-10(2)13-3/h4,7-8,10,13H,1,5-6,9H2,2-3H3. The Morgan fingerprint density at radius 2 is 2.43 bits per heavy atom. The van der Waals surface area contributed by atoms with Crippen LogP contribution in [0.3, 0.4) is 0 Å². The highest BCUT2D eigenvalue weighted by Gasteiger charge is 2.06. The summed E-state index contributed by atoms with van der Waals surface area (Å²) in [5, 5.41) is 5.46. The summed E-state index contributed by atoms with van der Waals surface area (Å²) in [4.78, 5) is 1.52. The summed E-state index contributed by atoms with van der Waals surface area (Å²) in [6.07, 6.45) is 5.35. The van der Waals surface area contributed by atoms with Gasteiger partial charge < -0.3 is 5.32 Å². The van der Waals surface area contributed by atoms with Crippen molar-refractivity contribution >= 4 is 11.3 Å². The molecule has 1 N–H and O–H groups in total. The van der Waals surface area contributed by atoms with Crippen molar-refractivity contribution in [3.8, 4) is 0 Å². The molecule has 1 nitrogen and oxygen atoms in total. The Balaban J connectivity index is 2.57. The van der Waals surface area contributed by atoms with Crippen molar-refractivity contribution in [2.45, 2.75) is 32.2 Å². The van der Waals surface area contributed by atoms with E-state index in [1.54, 1.807) is 0 Å². The maximum absolute atomic E-state index is 3.76. The number of aryl methyl sites for hydroxylation is 1. The average Bonchev–Trinajstić information content (AvgIpc) is 2.62. The molecule has 0 aromatic carbocycles. The van der Waals surface area contributed by atoms with Gasteiger partial charge in [-0.15, -0.1) is 17.9 Å². The van der Waals surface area contributed by atoms with Gasteiger partial charge in [-0.3, -0.25) is 0 Å². The second-order valence-electron chi connectivity index (χ2n) is 3.59. The van der Waals surface area contributed by atoms with Crippen molar-refractivity contribution in [3.63, 3.8) is 0 Å². The monoisotopic (exact) mass is 209 g/mol. The third kappa shape index (κ3) is 3.28. The van der Waals surface area contributed by atoms with Crippen LogP contribution in [-0.2, 0) is 12.8 Å². The third-order valence-electron chi connectivity index (χ3n) is 2.43. The summed E-state index contributed by atoms with van der Waals surface area (Å²) in [6, 6.07) is 2.81. The van der Waals surface area contributed by atoms with Crippen molar-refractivity contribution < 1.29 is 0 Å². The summed E-state index contributed by atoms with van der Waals surface area (Å²) < 4.78 is 0. The Bertz CT molecular complexity index is 278. The molecular formula is C12H19NS. The second kappa shape index (κ2) is 5.99. The van der Waals surface area contributed by atoms with E-state index in [1.807, 2.05) is 24.5 Å². The Kier molecular flexibility index (Phi) is 4.91. The lowest BCUT2D eigenvalue weighted by Crippen LogP contribution is -2.23. The maximum atomic E-state index is 3.76. The molecule has 1 atom stereocenters. The first-order chi connectivity index (χ1) is 6.77. The van der Waals surface area contributed by atoms with Gasteiger partial charge in [0.2, 0.25) is 0 Å². The molecule has 1 aromatic heterocycles. The minimum Gasteiger partial charge on any atom is -0.317 e. The van der Waals surface area contributed by atoms with Gasteiger partial charge in [0.05, 0.1) is 0 Å². The first-order valence-corrected chi connectivity index (χ1v) is 5.99. The van der Waals surface area contributed by atoms with Crippen LogP contribution in [0, 0.1) is 0 Å². The molecule has 0 spiro atoms. The van der Waals surface area contributed by atoms with Crippen LogP contribution in [0.1, 0.15) is 23.8 Å². The van der Waals surface area contributed by atoms with Gasteiger partial charge in [-0.2, -0.15) is 0 Å². The zero-order chi connectivity index (χ0) is 10.4. The molecule has 1 unspecified atom stereocenters. The van der Waals surface area contributed by atoms with Gasteiger partial charge in [0.25, 0.3) is 0 Å². The first-order valence-electron chi connectivity index (χ1n) is 5.11. The molecular weight excluding hydrogens is 190 g/mol. The molecule has 0 bridgehead atoms. The Morgan fingerprint density at radius 1 is 1.64 bits per heavy atom. The quantitative estimate of drug-likeness (QED) is 0.710. The fourth-order valence-corrected chi connectivity index (χ4v) is 2.37. The summed E-state index contributed by atoms with van der Waals surface area (Å²) >= 11 is 1.87. The van der Waals surface area contributed by atoms with Crippen LogP contribution < -0.4 is 5.32 Å². The number of allylic oxidation sites excluding steroid dienone is 1. The Hall–Kier alpha value is -0.600. The number of nitrogens with one attached hydrogen (secondary N) is 1. The highest BCUT2D eigenvalue weighted by molar-refractivity contribution is 7.10. The average molecular weight is 209 g/mol. The molecule has 0 radical (unpaired) electrons. The van der Waals surface area contributed by atoms with E-state index in [1.165, 1.54) is 10.4 Å². The van der Waals surface area contributed by atoms with Gasteiger partial charge in [-0.25, -0.2) is 0 Å². The number of likely N-dealkylation sites (N-methyl/N-ethyl adjacent to an activating group) is 1. The summed E-state index contributed by atoms with van der Waals surface area (Å²) in [6.45, 7) is 5.98. The van der Waals surface area contributed by atoms with E-state index in [-0.39, 0.29) is 0 Å². The lowest BCUT2D eigenvalue weighted by atomic mass is 10.1. The normalized spacial score (nSPS) is 12.7. The van der Waals surface area contributed by atoms with E-state index in [2.05, 4.69) is 30.3 Å². The van der Waals surface area contributed by atoms with Crippen LogP contribution in [0.4, 0.5) is 0 Å². The predicted octanol–water partition coefficient (Wildman–Crippen LogP) is 3.02. The van der Waals surface area contributed by atoms with E-state index in [0.29, 0.717) is 6.04 Å². The smallest absolute Gasteiger partial charge is 0.00808 e. The minimum atomic E-state index is 0.562. The van der Waals surface area contributed by atoms with Crippen molar-refractivity contribution in [2.75, 3.05) is 7.05 Å². The molecule has 78 valence electrons. The van der Waals surface area contributed by atoms with E-state index < -0.39 is 0 Å². The van der Waals surface area contributed by atoms with Crippen molar-refractivity contribution in [1.82, 2.24) is 5.32 Å². The molecule has 2 heteroatoms. The molecule has 0 saturated heterocycles. The molecule has 1 heterocycles. The minimum absolute atomic E-state index is 0.562. The summed E-state index contributed by atoms with van der Waals surface area (Å²) in [5.74, 6) is 0. The van der Waals surface area contributed by atoms with E-state index in [0.717, 1.165) is 19.3 Å². The first kappa shape index (κ1) is 11.5. The predicted molar refractivity (Wildman–Crippen MR) is 65.1 cm³/mol. The van der Waals surface area contributed by atoms with Crippen LogP contribution in [0.15, 0.2) is 24.1 Å². The topological polar surface area (TPSA) is 12.0 Å². The molecule has 0 amide bonds. The number of thiophene rings is 1. The zero-order valence-electron chi connectivity index (χ0n) is 9.05. The Labute approximate surface area is 90.9 Å². The van der Waals surface area contributed by atoms with E-state index >= 15 is 0 Å². The largest absolute Gasteiger partial charge is 0.317 e. The summed E-state index contributed by atoms with van der Waals surface area (Å²) in [7, 11) is 2.01. The van der Waals surface area contributed by atoms with Crippen molar-refractivity contribution in [1.29, 1.82) is 0 Å². The van der Waals surface area contributed by atoms with E-state index in [9.17, 15) is 0 Å². The zero-order valence-corrected chi connectivity index (χ0v) is 9.86. The van der Waals surface area contributed by atoms with Gasteiger partial charge in [0, 0.05) is 10.9 Å². The molecule has 0 saturated carbocycles. The molecule has 0 aliphatic carbocycles. The van der Waals surface area contributed by atoms with Crippen LogP contribution in [0.2, 0.25) is 0 Å². The van der Waals surface area contributed by atoms with Crippen LogP contribution >= 0.6 is 11.3 Å². The molecule has 0 fully saturated rings. The highest BCUT2D eigenvalue weighted by atomic mass is 32.1. The molecule has 0 aliphatic rings. The molecule has 1 aromatic rings. The molecule has 14 heavy (non-hydrogen) atoms. The second-order valence-corrected chi connectivity index (χ2v) is 4.59. The number of hydrogen-bond acceptors (Lipinski definition) is 2. The highest BCUT2D eigenvalue weighted by Crippen LogP contribution is 2.20. The third-order valence-corrected chi connectivity index (χ3v) is 3.46. The fourth-order valence-electron chi connectivity index (χ4n) is 1.43. The van der Waals surface area contributed by atoms with Crippen molar-refractivity contribution in [3.05, 3.63) is 34.5 Å². The van der Waals surface area contributed by atoms with Crippen LogP contribution in [0.25, 0.3) is 0 Å². The van der Waals surface area contributed by atoms with Crippen LogP contribution in [-0.4, -0.2) is 13.1 Å². The van der Waals surface area contributed by atoms with Gasteiger partial charge in [-0.1, -0.05) is 6.08 Å². The van der Waals surface area contributed by atoms with E-state index in [4.69, 9.17) is 0 Å². The van der Waals surface area contributed by atoms with Gasteiger partial charge in [-0.05, 0) is 50.2 Å². The van der Waals surface area contributed by atoms with Gasteiger partial charge in [0.1, 0.15) is 0 Å². The van der Waals surface area contributed by atoms with Crippen LogP contribution in [0.5, 0.6) is 0 Å². The number of rotatable bonds is 6.